The predicted octanol–water partition coefficient (Wildman–Crippen LogP) is 3.84. The molecule has 5 nitrogen and oxygen atoms in total. The third-order valence-electron chi connectivity index (χ3n) is 5.09. The van der Waals surface area contributed by atoms with Gasteiger partial charge in [-0.25, -0.2) is 9.37 Å². The second-order valence-corrected chi connectivity index (χ2v) is 8.06. The molecular weight excluding hydrogens is 389 g/mol. The quantitative estimate of drug-likeness (QED) is 0.438. The fourth-order valence-electron chi connectivity index (χ4n) is 3.54. The molecule has 2 heterocycles. The number of fused-ring (bicyclic) bond motifs is 1. The molecule has 1 aliphatic rings. The maximum atomic E-state index is 13.1. The molecule has 7 heteroatoms. The van der Waals surface area contributed by atoms with Gasteiger partial charge in [0.1, 0.15) is 5.82 Å². The molecule has 150 valence electrons. The van der Waals surface area contributed by atoms with E-state index in [1.54, 1.807) is 22.8 Å². The van der Waals surface area contributed by atoms with Crippen LogP contribution in [-0.4, -0.2) is 33.4 Å². The van der Waals surface area contributed by atoms with Gasteiger partial charge in [0.25, 0.3) is 5.56 Å². The normalized spacial score (nSPS) is 14.1. The first-order valence-corrected chi connectivity index (χ1v) is 10.7. The smallest absolute Gasteiger partial charge is 0.262 e. The number of rotatable bonds is 7. The van der Waals surface area contributed by atoms with Crippen LogP contribution < -0.4 is 5.56 Å². The molecule has 1 aliphatic heterocycles. The Morgan fingerprint density at radius 1 is 1.03 bits per heavy atom. The van der Waals surface area contributed by atoms with Gasteiger partial charge in [-0.1, -0.05) is 36.0 Å². The van der Waals surface area contributed by atoms with E-state index in [2.05, 4.69) is 0 Å². The Morgan fingerprint density at radius 2 is 1.83 bits per heavy atom. The van der Waals surface area contributed by atoms with Crippen molar-refractivity contribution < 1.29 is 9.18 Å². The minimum absolute atomic E-state index is 0.0649. The number of carbonyl (C=O) groups is 1. The van der Waals surface area contributed by atoms with Crippen molar-refractivity contribution in [2.75, 3.05) is 13.1 Å². The van der Waals surface area contributed by atoms with Gasteiger partial charge in [0.2, 0.25) is 5.91 Å². The zero-order chi connectivity index (χ0) is 20.2. The summed E-state index contributed by atoms with van der Waals surface area (Å²) in [4.78, 5) is 31.5. The summed E-state index contributed by atoms with van der Waals surface area (Å²) < 4.78 is 14.8. The molecule has 0 saturated carbocycles. The Labute approximate surface area is 172 Å². The molecular formula is C22H22FN3O2S. The highest BCUT2D eigenvalue weighted by Gasteiger charge is 2.19. The first-order valence-electron chi connectivity index (χ1n) is 9.76. The summed E-state index contributed by atoms with van der Waals surface area (Å²) >= 11 is 1.47. The van der Waals surface area contributed by atoms with Crippen LogP contribution in [0.4, 0.5) is 4.39 Å². The van der Waals surface area contributed by atoms with Crippen LogP contribution in [0.15, 0.2) is 58.5 Å². The largest absolute Gasteiger partial charge is 0.343 e. The molecule has 2 aromatic carbocycles. The monoisotopic (exact) mass is 411 g/mol. The first-order chi connectivity index (χ1) is 14.1. The number of halogens is 1. The number of carbonyl (C=O) groups excluding carboxylic acids is 1. The summed E-state index contributed by atoms with van der Waals surface area (Å²) in [6.07, 6.45) is 2.24. The summed E-state index contributed by atoms with van der Waals surface area (Å²) in [5.74, 6) is 0.520. The molecule has 0 atom stereocenters. The second-order valence-electron chi connectivity index (χ2n) is 7.12. The Balaban J connectivity index is 1.56. The van der Waals surface area contributed by atoms with Crippen molar-refractivity contribution in [1.29, 1.82) is 0 Å². The first kappa shape index (κ1) is 19.6. The van der Waals surface area contributed by atoms with Crippen molar-refractivity contribution in [2.45, 2.75) is 36.7 Å². The molecule has 3 aromatic rings. The molecule has 0 radical (unpaired) electrons. The lowest BCUT2D eigenvalue weighted by Crippen LogP contribution is -2.29. The number of benzene rings is 2. The minimum Gasteiger partial charge on any atom is -0.343 e. The maximum absolute atomic E-state index is 13.1. The van der Waals surface area contributed by atoms with Gasteiger partial charge < -0.3 is 4.90 Å². The summed E-state index contributed by atoms with van der Waals surface area (Å²) in [6.45, 7) is 1.96. The van der Waals surface area contributed by atoms with Gasteiger partial charge >= 0.3 is 0 Å². The predicted molar refractivity (Wildman–Crippen MR) is 112 cm³/mol. The maximum Gasteiger partial charge on any atom is 0.262 e. The van der Waals surface area contributed by atoms with E-state index in [4.69, 9.17) is 4.98 Å². The van der Waals surface area contributed by atoms with Crippen LogP contribution >= 0.6 is 11.8 Å². The van der Waals surface area contributed by atoms with Gasteiger partial charge in [-0.3, -0.25) is 14.2 Å². The molecule has 0 spiro atoms. The molecule has 0 aliphatic carbocycles. The van der Waals surface area contributed by atoms with Crippen LogP contribution in [0.3, 0.4) is 0 Å². The molecule has 1 saturated heterocycles. The van der Waals surface area contributed by atoms with E-state index in [0.717, 1.165) is 18.5 Å². The summed E-state index contributed by atoms with van der Waals surface area (Å²) in [6, 6.07) is 13.7. The Kier molecular flexibility index (Phi) is 5.94. The van der Waals surface area contributed by atoms with Gasteiger partial charge in [0.15, 0.2) is 5.16 Å². The standard InChI is InChI=1S/C22H22FN3O2S/c23-17-10-8-16(9-11-17)15-29-22-24-19-6-2-1-5-18(19)21(28)26(22)14-4-13-25-12-3-7-20(25)27/h1-2,5-6,8-11H,3-4,7,12-15H2. The van der Waals surface area contributed by atoms with Gasteiger partial charge in [-0.15, -0.1) is 0 Å². The van der Waals surface area contributed by atoms with Crippen LogP contribution in [-0.2, 0) is 17.1 Å². The zero-order valence-corrected chi connectivity index (χ0v) is 16.8. The lowest BCUT2D eigenvalue weighted by molar-refractivity contribution is -0.127. The summed E-state index contributed by atoms with van der Waals surface area (Å²) in [5.41, 5.74) is 1.57. The molecule has 1 fully saturated rings. The molecule has 0 unspecified atom stereocenters. The molecule has 1 aromatic heterocycles. The SMILES string of the molecule is O=C1CCCN1CCCn1c(SCc2ccc(F)cc2)nc2ccccc2c1=O. The molecule has 29 heavy (non-hydrogen) atoms. The van der Waals surface area contributed by atoms with E-state index in [-0.39, 0.29) is 17.3 Å². The number of thioether (sulfide) groups is 1. The topological polar surface area (TPSA) is 55.2 Å². The summed E-state index contributed by atoms with van der Waals surface area (Å²) in [7, 11) is 0. The van der Waals surface area contributed by atoms with Crippen molar-refractivity contribution in [1.82, 2.24) is 14.5 Å². The van der Waals surface area contributed by atoms with Crippen molar-refractivity contribution >= 4 is 28.6 Å². The lowest BCUT2D eigenvalue weighted by atomic mass is 10.2. The Bertz CT molecular complexity index is 1080. The van der Waals surface area contributed by atoms with E-state index in [1.807, 2.05) is 23.1 Å². The lowest BCUT2D eigenvalue weighted by Gasteiger charge is -2.17. The third-order valence-corrected chi connectivity index (χ3v) is 6.14. The fourth-order valence-corrected chi connectivity index (χ4v) is 4.52. The average molecular weight is 412 g/mol. The minimum atomic E-state index is -0.268. The molecule has 4 rings (SSSR count). The van der Waals surface area contributed by atoms with Gasteiger partial charge in [0.05, 0.1) is 10.9 Å². The Morgan fingerprint density at radius 3 is 2.59 bits per heavy atom. The number of hydrogen-bond acceptors (Lipinski definition) is 4. The van der Waals surface area contributed by atoms with Gasteiger partial charge in [0, 0.05) is 31.8 Å². The molecule has 0 N–H and O–H groups in total. The van der Waals surface area contributed by atoms with Gasteiger partial charge in [-0.2, -0.15) is 0 Å². The van der Waals surface area contributed by atoms with Crippen LogP contribution in [0.25, 0.3) is 10.9 Å². The number of amides is 1. The van der Waals surface area contributed by atoms with Crippen molar-refractivity contribution in [3.05, 3.63) is 70.3 Å². The van der Waals surface area contributed by atoms with E-state index in [9.17, 15) is 14.0 Å². The highest BCUT2D eigenvalue weighted by atomic mass is 32.2. The number of nitrogens with zero attached hydrogens (tertiary/aromatic N) is 3. The van der Waals surface area contributed by atoms with E-state index >= 15 is 0 Å². The molecule has 0 bridgehead atoms. The summed E-state index contributed by atoms with van der Waals surface area (Å²) in [5, 5.41) is 1.24. The highest BCUT2D eigenvalue weighted by Crippen LogP contribution is 2.23. The number of para-hydroxylation sites is 1. The Hall–Kier alpha value is -2.67. The number of hydrogen-bond donors (Lipinski definition) is 0. The van der Waals surface area contributed by atoms with Crippen molar-refractivity contribution in [3.63, 3.8) is 0 Å². The highest BCUT2D eigenvalue weighted by molar-refractivity contribution is 7.98. The van der Waals surface area contributed by atoms with E-state index in [1.165, 1.54) is 23.9 Å². The molecule has 1 amide bonds. The van der Waals surface area contributed by atoms with Crippen LogP contribution in [0.5, 0.6) is 0 Å². The van der Waals surface area contributed by atoms with Crippen molar-refractivity contribution in [2.24, 2.45) is 0 Å². The number of likely N-dealkylation sites (tertiary alicyclic amines) is 1. The zero-order valence-electron chi connectivity index (χ0n) is 16.0. The van der Waals surface area contributed by atoms with Crippen LogP contribution in [0, 0.1) is 5.82 Å². The van der Waals surface area contributed by atoms with E-state index < -0.39 is 0 Å². The van der Waals surface area contributed by atoms with Crippen molar-refractivity contribution in [3.8, 4) is 0 Å². The van der Waals surface area contributed by atoms with Crippen LogP contribution in [0.2, 0.25) is 0 Å². The van der Waals surface area contributed by atoms with Crippen LogP contribution in [0.1, 0.15) is 24.8 Å². The third kappa shape index (κ3) is 4.50. The number of aromatic nitrogens is 2. The average Bonchev–Trinajstić information content (AvgIpc) is 3.14. The second kappa shape index (κ2) is 8.78. The van der Waals surface area contributed by atoms with E-state index in [0.29, 0.717) is 47.7 Å². The fraction of sp³-hybridized carbons (Fsp3) is 0.318. The van der Waals surface area contributed by atoms with Gasteiger partial charge in [-0.05, 0) is 42.7 Å².